The van der Waals surface area contributed by atoms with Crippen LogP contribution in [0.5, 0.6) is 0 Å². The summed E-state index contributed by atoms with van der Waals surface area (Å²) in [6, 6.07) is 0. The summed E-state index contributed by atoms with van der Waals surface area (Å²) in [6.45, 7) is 10.1. The van der Waals surface area contributed by atoms with E-state index < -0.39 is 35.2 Å². The number of ether oxygens (including phenoxy) is 2. The average molecular weight is 667 g/mol. The molecule has 5 heterocycles. The van der Waals surface area contributed by atoms with E-state index in [1.807, 2.05) is 6.92 Å². The van der Waals surface area contributed by atoms with E-state index >= 15 is 17.6 Å². The van der Waals surface area contributed by atoms with E-state index in [-0.39, 0.29) is 92.8 Å². The molecule has 0 amide bonds. The van der Waals surface area contributed by atoms with E-state index in [9.17, 15) is 9.59 Å². The summed E-state index contributed by atoms with van der Waals surface area (Å²) in [5, 5.41) is 0. The number of aromatic nitrogens is 4. The van der Waals surface area contributed by atoms with Gasteiger partial charge < -0.3 is 19.4 Å². The maximum atomic E-state index is 17.0. The Hall–Kier alpha value is -4.74. The molecule has 2 aliphatic heterocycles. The van der Waals surface area contributed by atoms with Gasteiger partial charge in [-0.05, 0) is 97.9 Å². The second-order valence-electron chi connectivity index (χ2n) is 11.9. The fraction of sp³-hybridized carbons (Fsp3) is 0.389. The highest BCUT2D eigenvalue weighted by atomic mass is 19.1. The zero-order chi connectivity index (χ0) is 35.2. The molecular formula is C36H38F4N4O4. The Kier molecular flexibility index (Phi) is 9.66. The quantitative estimate of drug-likeness (QED) is 0.185. The summed E-state index contributed by atoms with van der Waals surface area (Å²) in [6.07, 6.45) is 0.287. The molecule has 0 unspecified atom stereocenters. The summed E-state index contributed by atoms with van der Waals surface area (Å²) in [5.74, 6) is -4.48. The second-order valence-corrected chi connectivity index (χ2v) is 11.9. The van der Waals surface area contributed by atoms with Gasteiger partial charge in [-0.2, -0.15) is 0 Å². The number of carbonyl (C=O) groups excluding carboxylic acids is 2. The number of nitrogens with zero attached hydrogens (tertiary/aromatic N) is 2. The minimum atomic E-state index is -0.970. The first kappa shape index (κ1) is 34.6. The number of aryl methyl sites for hydroxylation is 4. The van der Waals surface area contributed by atoms with E-state index in [1.165, 1.54) is 14.2 Å². The summed E-state index contributed by atoms with van der Waals surface area (Å²) in [4.78, 5) is 38.9. The second kappa shape index (κ2) is 13.4. The number of H-pyrrole nitrogens is 2. The number of carbonyl (C=O) groups is 2. The van der Waals surface area contributed by atoms with Gasteiger partial charge in [0.2, 0.25) is 0 Å². The maximum absolute atomic E-state index is 17.0. The lowest BCUT2D eigenvalue weighted by Crippen LogP contribution is -2.03. The number of aromatic amines is 2. The number of hydrogen-bond donors (Lipinski definition) is 2. The van der Waals surface area contributed by atoms with Crippen LogP contribution in [0.3, 0.4) is 0 Å². The van der Waals surface area contributed by atoms with E-state index in [2.05, 4.69) is 19.9 Å². The Bertz CT molecular complexity index is 2110. The van der Waals surface area contributed by atoms with Gasteiger partial charge in [0.05, 0.1) is 36.3 Å². The van der Waals surface area contributed by atoms with Gasteiger partial charge in [-0.1, -0.05) is 13.8 Å². The Morgan fingerprint density at radius 3 is 1.35 bits per heavy atom. The highest BCUT2D eigenvalue weighted by molar-refractivity contribution is 5.97. The monoisotopic (exact) mass is 666 g/mol. The molecule has 8 nitrogen and oxygen atoms in total. The number of esters is 2. The molecule has 3 aromatic heterocycles. The zero-order valence-corrected chi connectivity index (χ0v) is 28.3. The van der Waals surface area contributed by atoms with Crippen molar-refractivity contribution in [3.63, 3.8) is 0 Å². The van der Waals surface area contributed by atoms with Crippen LogP contribution in [-0.4, -0.2) is 46.1 Å². The molecule has 48 heavy (non-hydrogen) atoms. The zero-order valence-electron chi connectivity index (χ0n) is 28.3. The van der Waals surface area contributed by atoms with E-state index in [4.69, 9.17) is 9.47 Å². The number of methoxy groups -OCH3 is 2. The van der Waals surface area contributed by atoms with Crippen molar-refractivity contribution >= 4 is 56.3 Å². The van der Waals surface area contributed by atoms with Crippen LogP contribution in [0.15, 0.2) is 0 Å². The molecule has 12 heteroatoms. The van der Waals surface area contributed by atoms with Crippen LogP contribution in [0.25, 0.3) is 44.4 Å². The molecule has 0 radical (unpaired) electrons. The largest absolute Gasteiger partial charge is 0.469 e. The highest BCUT2D eigenvalue weighted by Gasteiger charge is 2.31. The highest BCUT2D eigenvalue weighted by Crippen LogP contribution is 2.42. The van der Waals surface area contributed by atoms with Gasteiger partial charge in [-0.3, -0.25) is 9.59 Å². The molecule has 3 aromatic rings. The summed E-state index contributed by atoms with van der Waals surface area (Å²) in [7, 11) is 2.44. The van der Waals surface area contributed by atoms with Gasteiger partial charge >= 0.3 is 11.9 Å². The number of hydrogen-bond acceptors (Lipinski definition) is 6. The van der Waals surface area contributed by atoms with Gasteiger partial charge in [0.15, 0.2) is 23.3 Å². The molecule has 0 spiro atoms. The third kappa shape index (κ3) is 5.60. The Morgan fingerprint density at radius 1 is 0.583 bits per heavy atom. The minimum Gasteiger partial charge on any atom is -0.469 e. The molecule has 0 aliphatic carbocycles. The third-order valence-corrected chi connectivity index (χ3v) is 9.42. The van der Waals surface area contributed by atoms with E-state index in [0.29, 0.717) is 35.1 Å². The molecule has 0 fully saturated rings. The molecule has 2 N–H and O–H groups in total. The Labute approximate surface area is 275 Å². The number of rotatable bonds is 8. The Morgan fingerprint density at radius 2 is 0.958 bits per heavy atom. The van der Waals surface area contributed by atoms with Crippen LogP contribution in [0, 0.1) is 37.1 Å². The molecule has 0 saturated heterocycles. The molecule has 5 rings (SSSR count). The summed E-state index contributed by atoms with van der Waals surface area (Å²) < 4.78 is 76.4. The van der Waals surface area contributed by atoms with Crippen molar-refractivity contribution in [1.82, 2.24) is 19.9 Å². The van der Waals surface area contributed by atoms with Gasteiger partial charge in [0.25, 0.3) is 0 Å². The fourth-order valence-corrected chi connectivity index (χ4v) is 6.66. The lowest BCUT2D eigenvalue weighted by Gasteiger charge is -2.08. The van der Waals surface area contributed by atoms with Crippen molar-refractivity contribution < 1.29 is 36.6 Å². The van der Waals surface area contributed by atoms with Crippen molar-refractivity contribution in [2.24, 2.45) is 0 Å². The molecule has 2 aliphatic rings. The third-order valence-electron chi connectivity index (χ3n) is 9.42. The van der Waals surface area contributed by atoms with Crippen molar-refractivity contribution in [1.29, 1.82) is 0 Å². The van der Waals surface area contributed by atoms with Crippen LogP contribution in [0.2, 0.25) is 0 Å². The first-order valence-electron chi connectivity index (χ1n) is 15.8. The van der Waals surface area contributed by atoms with Crippen molar-refractivity contribution in [3.8, 4) is 0 Å². The van der Waals surface area contributed by atoms with Gasteiger partial charge in [-0.25, -0.2) is 27.5 Å². The van der Waals surface area contributed by atoms with Crippen molar-refractivity contribution in [2.45, 2.75) is 80.1 Å². The van der Waals surface area contributed by atoms with E-state index in [0.717, 1.165) is 0 Å². The number of nitrogens with one attached hydrogen (secondary N) is 2. The topological polar surface area (TPSA) is 110 Å². The maximum Gasteiger partial charge on any atom is 0.305 e. The first-order valence-corrected chi connectivity index (χ1v) is 15.8. The molecule has 0 saturated carbocycles. The van der Waals surface area contributed by atoms with Crippen LogP contribution in [-0.2, 0) is 31.9 Å². The SMILES string of the molecule is CCc1c(C)c2[nH]c1c(F)c1nc(c(F)c3nc(c(F)c4[nH]c(c(CC)c4C)c2F)C(C)=C3CCC(=O)OC)C(CCC(=O)OC)=C1C. The lowest BCUT2D eigenvalue weighted by atomic mass is 9.97. The fourth-order valence-electron chi connectivity index (χ4n) is 6.66. The Balaban J connectivity index is 2.04. The van der Waals surface area contributed by atoms with Gasteiger partial charge in [0, 0.05) is 12.8 Å². The van der Waals surface area contributed by atoms with Crippen LogP contribution >= 0.6 is 0 Å². The van der Waals surface area contributed by atoms with Crippen LogP contribution in [0.1, 0.15) is 98.4 Å². The number of allylic oxidation sites excluding steroid dienone is 4. The lowest BCUT2D eigenvalue weighted by molar-refractivity contribution is -0.141. The van der Waals surface area contributed by atoms with Crippen LogP contribution in [0.4, 0.5) is 17.6 Å². The minimum absolute atomic E-state index is 0.0121. The standard InChI is InChI=1S/C36H38F4N4O4/c1-9-19-15(3)29-25(37)31-17(5)21(11-13-23(45)47-7)35(43-31)28(40)36-22(12-14-24(46)48-8)18(6)32(44-36)27(39)34-20(10-2)16(4)30(42-34)26(38)33(19)41-29/h41-42H,9-14H2,1-8H3. The predicted molar refractivity (Wildman–Crippen MR) is 177 cm³/mol. The smallest absolute Gasteiger partial charge is 0.305 e. The molecule has 8 bridgehead atoms. The predicted octanol–water partition coefficient (Wildman–Crippen LogP) is 8.38. The molecule has 0 atom stereocenters. The van der Waals surface area contributed by atoms with E-state index in [1.54, 1.807) is 34.6 Å². The van der Waals surface area contributed by atoms with Gasteiger partial charge in [-0.15, -0.1) is 0 Å². The van der Waals surface area contributed by atoms with Crippen LogP contribution < -0.4 is 0 Å². The molecule has 254 valence electrons. The average Bonchev–Trinajstić information content (AvgIpc) is 3.80. The number of halogens is 4. The molecule has 0 aromatic carbocycles. The van der Waals surface area contributed by atoms with Gasteiger partial charge in [0.1, 0.15) is 22.8 Å². The van der Waals surface area contributed by atoms with Crippen molar-refractivity contribution in [3.05, 3.63) is 68.3 Å². The van der Waals surface area contributed by atoms with Crippen molar-refractivity contribution in [2.75, 3.05) is 14.2 Å². The number of fused-ring (bicyclic) bond motifs is 8. The molecular weight excluding hydrogens is 628 g/mol. The first-order chi connectivity index (χ1) is 22.8. The summed E-state index contributed by atoms with van der Waals surface area (Å²) >= 11 is 0. The summed E-state index contributed by atoms with van der Waals surface area (Å²) in [5.41, 5.74) is 1.97. The normalized spacial score (nSPS) is 13.1.